The smallest absolute Gasteiger partial charge is 0.295 e. The van der Waals surface area contributed by atoms with E-state index in [2.05, 4.69) is 5.16 Å². The van der Waals surface area contributed by atoms with Crippen molar-refractivity contribution in [2.75, 3.05) is 4.90 Å². The highest BCUT2D eigenvalue weighted by Crippen LogP contribution is 2.42. The van der Waals surface area contributed by atoms with Crippen molar-refractivity contribution in [3.63, 3.8) is 0 Å². The molecule has 8 heteroatoms. The third-order valence-corrected chi connectivity index (χ3v) is 5.50. The number of amides is 1. The molecule has 3 heterocycles. The number of benzene rings is 1. The predicted octanol–water partition coefficient (Wildman–Crippen LogP) is 4.61. The topological polar surface area (TPSA) is 92.9 Å². The number of aliphatic hydroxyl groups excluding tert-OH is 1. The standard InChI is InChI=1S/C22H20N2O5S/c1-12(2)28-15-8-6-14(7-9-15)19-18(20(25)16-5-4-10-30-16)21(26)22(27)24(19)17-11-13(3)29-23-17/h4-12,19,26H,1-3H3. The van der Waals surface area contributed by atoms with Crippen molar-refractivity contribution in [3.8, 4) is 5.75 Å². The number of rotatable bonds is 6. The lowest BCUT2D eigenvalue weighted by molar-refractivity contribution is -0.117. The van der Waals surface area contributed by atoms with Crippen LogP contribution in [-0.4, -0.2) is 28.1 Å². The van der Waals surface area contributed by atoms with Crippen LogP contribution in [0.25, 0.3) is 0 Å². The Bertz CT molecular complexity index is 1110. The lowest BCUT2D eigenvalue weighted by atomic mass is 9.95. The predicted molar refractivity (Wildman–Crippen MR) is 112 cm³/mol. The Morgan fingerprint density at radius 3 is 2.57 bits per heavy atom. The van der Waals surface area contributed by atoms with Gasteiger partial charge in [-0.25, -0.2) is 0 Å². The zero-order valence-electron chi connectivity index (χ0n) is 16.7. The lowest BCUT2D eigenvalue weighted by Gasteiger charge is -2.24. The Hall–Kier alpha value is -3.39. The summed E-state index contributed by atoms with van der Waals surface area (Å²) in [5.74, 6) is -0.273. The molecule has 30 heavy (non-hydrogen) atoms. The van der Waals surface area contributed by atoms with Crippen molar-refractivity contribution < 1.29 is 24.0 Å². The SMILES string of the molecule is Cc1cc(N2C(=O)C(O)=C(C(=O)c3cccs3)C2c2ccc(OC(C)C)cc2)no1. The third kappa shape index (κ3) is 3.50. The number of ketones is 1. The molecule has 1 aliphatic rings. The Balaban J connectivity index is 1.81. The van der Waals surface area contributed by atoms with Gasteiger partial charge in [0.05, 0.1) is 22.6 Å². The molecule has 1 unspecified atom stereocenters. The fourth-order valence-electron chi connectivity index (χ4n) is 3.40. The largest absolute Gasteiger partial charge is 0.503 e. The minimum atomic E-state index is -0.843. The Morgan fingerprint density at radius 2 is 2.00 bits per heavy atom. The van der Waals surface area contributed by atoms with Crippen LogP contribution in [0.3, 0.4) is 0 Å². The molecule has 1 atom stereocenters. The van der Waals surface area contributed by atoms with Crippen LogP contribution >= 0.6 is 11.3 Å². The van der Waals surface area contributed by atoms with Gasteiger partial charge in [0.15, 0.2) is 11.6 Å². The summed E-state index contributed by atoms with van der Waals surface area (Å²) >= 11 is 1.25. The van der Waals surface area contributed by atoms with E-state index in [4.69, 9.17) is 9.26 Å². The van der Waals surface area contributed by atoms with Crippen LogP contribution in [-0.2, 0) is 4.79 Å². The summed E-state index contributed by atoms with van der Waals surface area (Å²) in [5.41, 5.74) is 0.657. The normalized spacial score (nSPS) is 16.6. The van der Waals surface area contributed by atoms with Crippen LogP contribution in [0.4, 0.5) is 5.82 Å². The fraction of sp³-hybridized carbons (Fsp3) is 0.227. The van der Waals surface area contributed by atoms with E-state index in [1.807, 2.05) is 13.8 Å². The number of carbonyl (C=O) groups is 2. The van der Waals surface area contributed by atoms with Gasteiger partial charge in [-0.05, 0) is 49.9 Å². The average molecular weight is 424 g/mol. The van der Waals surface area contributed by atoms with Crippen molar-refractivity contribution in [2.24, 2.45) is 0 Å². The summed E-state index contributed by atoms with van der Waals surface area (Å²) in [7, 11) is 0. The first-order valence-electron chi connectivity index (χ1n) is 9.41. The zero-order chi connectivity index (χ0) is 21.4. The highest BCUT2D eigenvalue weighted by Gasteiger charge is 2.46. The van der Waals surface area contributed by atoms with Gasteiger partial charge in [0.25, 0.3) is 5.91 Å². The van der Waals surface area contributed by atoms with Gasteiger partial charge in [0.1, 0.15) is 11.5 Å². The van der Waals surface area contributed by atoms with Crippen LogP contribution < -0.4 is 9.64 Å². The van der Waals surface area contributed by atoms with Crippen LogP contribution in [0, 0.1) is 6.92 Å². The first-order chi connectivity index (χ1) is 14.4. The minimum Gasteiger partial charge on any atom is -0.503 e. The fourth-order valence-corrected chi connectivity index (χ4v) is 4.07. The van der Waals surface area contributed by atoms with Crippen LogP contribution in [0.5, 0.6) is 5.75 Å². The summed E-state index contributed by atoms with van der Waals surface area (Å²) in [5, 5.41) is 16.4. The maximum absolute atomic E-state index is 13.2. The van der Waals surface area contributed by atoms with Gasteiger partial charge in [-0.3, -0.25) is 14.5 Å². The average Bonchev–Trinajstić information content (AvgIpc) is 3.43. The molecule has 0 saturated carbocycles. The van der Waals surface area contributed by atoms with E-state index >= 15 is 0 Å². The summed E-state index contributed by atoms with van der Waals surface area (Å²) in [6, 6.07) is 11.3. The second-order valence-electron chi connectivity index (χ2n) is 7.18. The van der Waals surface area contributed by atoms with Crippen LogP contribution in [0.15, 0.2) is 63.7 Å². The summed E-state index contributed by atoms with van der Waals surface area (Å²) in [6.07, 6.45) is 0.0124. The van der Waals surface area contributed by atoms with E-state index in [1.54, 1.807) is 54.8 Å². The second-order valence-corrected chi connectivity index (χ2v) is 8.13. The highest BCUT2D eigenvalue weighted by atomic mass is 32.1. The van der Waals surface area contributed by atoms with Crippen molar-refractivity contribution >= 4 is 28.8 Å². The van der Waals surface area contributed by atoms with Crippen LogP contribution in [0.1, 0.15) is 40.9 Å². The molecule has 0 spiro atoms. The van der Waals surface area contributed by atoms with E-state index in [9.17, 15) is 14.7 Å². The van der Waals surface area contributed by atoms with Gasteiger partial charge in [-0.1, -0.05) is 23.4 Å². The summed E-state index contributed by atoms with van der Waals surface area (Å²) < 4.78 is 10.8. The third-order valence-electron chi connectivity index (χ3n) is 4.63. The molecule has 0 bridgehead atoms. The van der Waals surface area contributed by atoms with E-state index in [0.29, 0.717) is 22.0 Å². The van der Waals surface area contributed by atoms with Gasteiger partial charge in [-0.15, -0.1) is 11.3 Å². The first-order valence-corrected chi connectivity index (χ1v) is 10.3. The zero-order valence-corrected chi connectivity index (χ0v) is 17.5. The number of Topliss-reactive ketones (excluding diaryl/α,β-unsaturated/α-hetero) is 1. The van der Waals surface area contributed by atoms with Gasteiger partial charge < -0.3 is 14.4 Å². The molecule has 7 nitrogen and oxygen atoms in total. The summed E-state index contributed by atoms with van der Waals surface area (Å²) in [4.78, 5) is 27.9. The van der Waals surface area contributed by atoms with Crippen LogP contribution in [0.2, 0.25) is 0 Å². The number of hydrogen-bond donors (Lipinski definition) is 1. The minimum absolute atomic E-state index is 0.0124. The molecule has 0 fully saturated rings. The molecule has 1 N–H and O–H groups in total. The van der Waals surface area contributed by atoms with Crippen molar-refractivity contribution in [3.05, 3.63) is 75.4 Å². The maximum atomic E-state index is 13.2. The molecule has 154 valence electrons. The number of carbonyl (C=O) groups excluding carboxylic acids is 2. The Kier molecular flexibility index (Phi) is 5.17. The van der Waals surface area contributed by atoms with E-state index < -0.39 is 23.5 Å². The lowest BCUT2D eigenvalue weighted by Crippen LogP contribution is -2.31. The van der Waals surface area contributed by atoms with Crippen molar-refractivity contribution in [1.29, 1.82) is 0 Å². The Morgan fingerprint density at radius 1 is 1.27 bits per heavy atom. The molecule has 3 aromatic rings. The number of aromatic nitrogens is 1. The molecule has 4 rings (SSSR count). The van der Waals surface area contributed by atoms with Gasteiger partial charge in [0.2, 0.25) is 5.78 Å². The molecular weight excluding hydrogens is 404 g/mol. The molecule has 1 aromatic carbocycles. The molecule has 0 saturated heterocycles. The summed E-state index contributed by atoms with van der Waals surface area (Å²) in [6.45, 7) is 5.56. The quantitative estimate of drug-likeness (QED) is 0.581. The van der Waals surface area contributed by atoms with Crippen molar-refractivity contribution in [2.45, 2.75) is 32.9 Å². The van der Waals surface area contributed by atoms with E-state index in [1.165, 1.54) is 16.2 Å². The van der Waals surface area contributed by atoms with Gasteiger partial charge >= 0.3 is 0 Å². The number of aliphatic hydroxyl groups is 1. The molecular formula is C22H20N2O5S. The first kappa shape index (κ1) is 19.9. The Labute approximate surface area is 177 Å². The molecule has 1 aliphatic heterocycles. The number of thiophene rings is 1. The van der Waals surface area contributed by atoms with E-state index in [0.717, 1.165) is 0 Å². The number of aryl methyl sites for hydroxylation is 1. The molecule has 2 aromatic heterocycles. The number of ether oxygens (including phenoxy) is 1. The van der Waals surface area contributed by atoms with Crippen molar-refractivity contribution in [1.82, 2.24) is 5.16 Å². The number of nitrogens with zero attached hydrogens (tertiary/aromatic N) is 2. The number of hydrogen-bond acceptors (Lipinski definition) is 7. The molecule has 1 amide bonds. The van der Waals surface area contributed by atoms with Gasteiger partial charge in [0, 0.05) is 6.07 Å². The number of anilines is 1. The second kappa shape index (κ2) is 7.79. The highest BCUT2D eigenvalue weighted by molar-refractivity contribution is 7.12. The van der Waals surface area contributed by atoms with Gasteiger partial charge in [-0.2, -0.15) is 0 Å². The maximum Gasteiger partial charge on any atom is 0.295 e. The molecule has 0 radical (unpaired) electrons. The van der Waals surface area contributed by atoms with E-state index in [-0.39, 0.29) is 17.5 Å². The monoisotopic (exact) mass is 424 g/mol. The molecule has 0 aliphatic carbocycles.